The van der Waals surface area contributed by atoms with Crippen molar-refractivity contribution in [3.63, 3.8) is 0 Å². The molecule has 0 aliphatic heterocycles. The van der Waals surface area contributed by atoms with Gasteiger partial charge in [0.2, 0.25) is 0 Å². The van der Waals surface area contributed by atoms with E-state index in [1.165, 1.54) is 16.0 Å². The lowest BCUT2D eigenvalue weighted by Crippen LogP contribution is -2.21. The number of rotatable bonds is 3. The van der Waals surface area contributed by atoms with Crippen molar-refractivity contribution in [1.29, 1.82) is 0 Å². The van der Waals surface area contributed by atoms with Crippen LogP contribution >= 0.6 is 27.3 Å². The van der Waals surface area contributed by atoms with Crippen LogP contribution in [0.5, 0.6) is 0 Å². The molecule has 8 heteroatoms. The average Bonchev–Trinajstić information content (AvgIpc) is 2.94. The molecule has 0 amide bonds. The summed E-state index contributed by atoms with van der Waals surface area (Å²) in [5.41, 5.74) is 2.88. The van der Waals surface area contributed by atoms with Crippen molar-refractivity contribution >= 4 is 47.7 Å². The summed E-state index contributed by atoms with van der Waals surface area (Å²) in [6.07, 6.45) is 0. The number of halogens is 1. The molecule has 0 bridgehead atoms. The zero-order valence-electron chi connectivity index (χ0n) is 13.5. The molecule has 0 aliphatic rings. The molecular weight excluding hydrogens is 404 g/mol. The van der Waals surface area contributed by atoms with E-state index in [0.717, 1.165) is 25.9 Å². The molecule has 0 radical (unpaired) electrons. The van der Waals surface area contributed by atoms with Gasteiger partial charge in [0.25, 0.3) is 5.56 Å². The molecule has 126 valence electrons. The Bertz CT molecular complexity index is 1170. The second-order valence-electron chi connectivity index (χ2n) is 5.60. The predicted molar refractivity (Wildman–Crippen MR) is 101 cm³/mol. The number of pyridine rings is 1. The number of aromatic nitrogens is 4. The molecule has 0 saturated carbocycles. The summed E-state index contributed by atoms with van der Waals surface area (Å²) in [6.45, 7) is 2.36. The molecule has 0 N–H and O–H groups in total. The fourth-order valence-corrected chi connectivity index (χ4v) is 4.32. The van der Waals surface area contributed by atoms with E-state index in [-0.39, 0.29) is 5.56 Å². The van der Waals surface area contributed by atoms with Gasteiger partial charge in [-0.1, -0.05) is 27.2 Å². The number of methoxy groups -OCH3 is 1. The van der Waals surface area contributed by atoms with E-state index in [1.807, 2.05) is 37.3 Å². The number of fused-ring (bicyclic) bond motifs is 3. The number of benzene rings is 1. The lowest BCUT2D eigenvalue weighted by Gasteiger charge is -2.05. The number of ether oxygens (including phenoxy) is 1. The van der Waals surface area contributed by atoms with Crippen molar-refractivity contribution < 1.29 is 4.74 Å². The summed E-state index contributed by atoms with van der Waals surface area (Å²) in [5, 5.41) is 9.30. The summed E-state index contributed by atoms with van der Waals surface area (Å²) in [7, 11) is 1.64. The molecule has 0 unspecified atom stereocenters. The molecule has 0 fully saturated rings. The van der Waals surface area contributed by atoms with E-state index >= 15 is 0 Å². The Kier molecular flexibility index (Phi) is 4.10. The molecule has 3 aromatic heterocycles. The number of hydrogen-bond donors (Lipinski definition) is 0. The van der Waals surface area contributed by atoms with Crippen molar-refractivity contribution in [2.75, 3.05) is 7.11 Å². The van der Waals surface area contributed by atoms with Gasteiger partial charge in [-0.15, -0.1) is 16.4 Å². The van der Waals surface area contributed by atoms with Gasteiger partial charge in [-0.2, -0.15) is 4.68 Å². The van der Waals surface area contributed by atoms with Crippen molar-refractivity contribution in [3.05, 3.63) is 56.4 Å². The number of aryl methyl sites for hydroxylation is 1. The second kappa shape index (κ2) is 6.29. The maximum absolute atomic E-state index is 13.0. The third kappa shape index (κ3) is 2.76. The number of nitrogens with zero attached hydrogens (tertiary/aromatic N) is 4. The van der Waals surface area contributed by atoms with E-state index in [9.17, 15) is 4.79 Å². The van der Waals surface area contributed by atoms with Gasteiger partial charge in [-0.05, 0) is 36.8 Å². The van der Waals surface area contributed by atoms with Crippen molar-refractivity contribution in [2.24, 2.45) is 0 Å². The highest BCUT2D eigenvalue weighted by molar-refractivity contribution is 9.10. The molecule has 3 heterocycles. The highest BCUT2D eigenvalue weighted by atomic mass is 79.9. The first-order valence-electron chi connectivity index (χ1n) is 7.52. The maximum Gasteiger partial charge on any atom is 0.292 e. The van der Waals surface area contributed by atoms with Gasteiger partial charge in [-0.3, -0.25) is 4.79 Å². The summed E-state index contributed by atoms with van der Waals surface area (Å²) >= 11 is 4.75. The average molecular weight is 417 g/mol. The summed E-state index contributed by atoms with van der Waals surface area (Å²) in [6, 6.07) is 9.35. The largest absolute Gasteiger partial charge is 0.380 e. The molecule has 0 aliphatic carbocycles. The van der Waals surface area contributed by atoms with Crippen LogP contribution in [0.25, 0.3) is 26.1 Å². The standard InChI is InChI=1S/C17H13BrN4O2S/c1-9-6-10(8-24-2)13-14-15(25-16(13)19-9)17(23)22(21-20-14)12-5-3-4-11(18)7-12/h3-7H,8H2,1-2H3. The zero-order valence-corrected chi connectivity index (χ0v) is 15.9. The summed E-state index contributed by atoms with van der Waals surface area (Å²) in [4.78, 5) is 18.3. The number of thiophene rings is 1. The van der Waals surface area contributed by atoms with E-state index in [4.69, 9.17) is 4.74 Å². The van der Waals surface area contributed by atoms with Gasteiger partial charge in [-0.25, -0.2) is 4.98 Å². The molecule has 0 atom stereocenters. The molecule has 4 aromatic rings. The van der Waals surface area contributed by atoms with Crippen LogP contribution in [0.2, 0.25) is 0 Å². The first-order chi connectivity index (χ1) is 12.1. The van der Waals surface area contributed by atoms with Gasteiger partial charge in [0, 0.05) is 22.7 Å². The van der Waals surface area contributed by atoms with Gasteiger partial charge < -0.3 is 4.74 Å². The smallest absolute Gasteiger partial charge is 0.292 e. The van der Waals surface area contributed by atoms with Crippen LogP contribution in [0.3, 0.4) is 0 Å². The van der Waals surface area contributed by atoms with Crippen LogP contribution in [0.1, 0.15) is 11.3 Å². The first kappa shape index (κ1) is 16.3. The van der Waals surface area contributed by atoms with Gasteiger partial charge in [0.1, 0.15) is 15.0 Å². The fraction of sp³-hybridized carbons (Fsp3) is 0.176. The van der Waals surface area contributed by atoms with Gasteiger partial charge in [0.05, 0.1) is 12.3 Å². The Morgan fingerprint density at radius 3 is 2.92 bits per heavy atom. The third-order valence-corrected chi connectivity index (χ3v) is 5.37. The van der Waals surface area contributed by atoms with Crippen LogP contribution in [0, 0.1) is 6.92 Å². The Morgan fingerprint density at radius 1 is 1.32 bits per heavy atom. The summed E-state index contributed by atoms with van der Waals surface area (Å²) < 4.78 is 8.01. The van der Waals surface area contributed by atoms with E-state index in [0.29, 0.717) is 22.5 Å². The Balaban J connectivity index is 2.04. The van der Waals surface area contributed by atoms with Gasteiger partial charge >= 0.3 is 0 Å². The molecule has 25 heavy (non-hydrogen) atoms. The minimum absolute atomic E-state index is 0.202. The monoisotopic (exact) mass is 416 g/mol. The molecule has 4 rings (SSSR count). The van der Waals surface area contributed by atoms with Crippen LogP contribution < -0.4 is 5.56 Å². The van der Waals surface area contributed by atoms with E-state index < -0.39 is 0 Å². The zero-order chi connectivity index (χ0) is 17.6. The topological polar surface area (TPSA) is 69.9 Å². The predicted octanol–water partition coefficient (Wildman–Crippen LogP) is 3.61. The normalized spacial score (nSPS) is 11.5. The lowest BCUT2D eigenvalue weighted by atomic mass is 10.1. The highest BCUT2D eigenvalue weighted by Crippen LogP contribution is 2.32. The minimum atomic E-state index is -0.202. The van der Waals surface area contributed by atoms with Crippen LogP contribution in [0.15, 0.2) is 39.6 Å². The van der Waals surface area contributed by atoms with Crippen LogP contribution in [-0.4, -0.2) is 27.1 Å². The molecule has 0 saturated heterocycles. The minimum Gasteiger partial charge on any atom is -0.380 e. The van der Waals surface area contributed by atoms with Gasteiger partial charge in [0.15, 0.2) is 0 Å². The molecule has 1 aromatic carbocycles. The number of hydrogen-bond acceptors (Lipinski definition) is 6. The lowest BCUT2D eigenvalue weighted by molar-refractivity contribution is 0.186. The third-order valence-electron chi connectivity index (χ3n) is 3.82. The van der Waals surface area contributed by atoms with Crippen LogP contribution in [-0.2, 0) is 11.3 Å². The second-order valence-corrected chi connectivity index (χ2v) is 7.52. The van der Waals surface area contributed by atoms with Crippen LogP contribution in [0.4, 0.5) is 0 Å². The highest BCUT2D eigenvalue weighted by Gasteiger charge is 2.17. The van der Waals surface area contributed by atoms with E-state index in [2.05, 4.69) is 31.2 Å². The van der Waals surface area contributed by atoms with Crippen molar-refractivity contribution in [3.8, 4) is 5.69 Å². The van der Waals surface area contributed by atoms with Crippen molar-refractivity contribution in [2.45, 2.75) is 13.5 Å². The molecular formula is C17H13BrN4O2S. The molecule has 6 nitrogen and oxygen atoms in total. The molecule has 0 spiro atoms. The SMILES string of the molecule is COCc1cc(C)nc2sc3c(=O)n(-c4cccc(Br)c4)nnc3c12. The Labute approximate surface area is 155 Å². The van der Waals surface area contributed by atoms with Crippen molar-refractivity contribution in [1.82, 2.24) is 20.0 Å². The first-order valence-corrected chi connectivity index (χ1v) is 9.13. The Hall–Kier alpha value is -2.16. The Morgan fingerprint density at radius 2 is 2.16 bits per heavy atom. The maximum atomic E-state index is 13.0. The quantitative estimate of drug-likeness (QED) is 0.510. The van der Waals surface area contributed by atoms with E-state index in [1.54, 1.807) is 7.11 Å². The summed E-state index contributed by atoms with van der Waals surface area (Å²) in [5.74, 6) is 0. The fourth-order valence-electron chi connectivity index (χ4n) is 2.81.